The second-order valence-electron chi connectivity index (χ2n) is 4.17. The van der Waals surface area contributed by atoms with E-state index in [1.54, 1.807) is 25.3 Å². The van der Waals surface area contributed by atoms with Crippen LogP contribution >= 0.6 is 0 Å². The summed E-state index contributed by atoms with van der Waals surface area (Å²) in [7, 11) is 1.56. The zero-order valence-electron chi connectivity index (χ0n) is 9.40. The van der Waals surface area contributed by atoms with E-state index < -0.39 is 0 Å². The van der Waals surface area contributed by atoms with Gasteiger partial charge in [0.1, 0.15) is 17.2 Å². The summed E-state index contributed by atoms with van der Waals surface area (Å²) in [5.41, 5.74) is 3.75. The zero-order valence-corrected chi connectivity index (χ0v) is 9.40. The van der Waals surface area contributed by atoms with Crippen molar-refractivity contribution in [2.45, 2.75) is 6.42 Å². The maximum atomic E-state index is 9.95. The molecular weight excluding hydrogens is 216 g/mol. The number of rotatable bonds is 1. The van der Waals surface area contributed by atoms with Gasteiger partial charge >= 0.3 is 0 Å². The van der Waals surface area contributed by atoms with Crippen molar-refractivity contribution in [1.82, 2.24) is 0 Å². The molecule has 3 rings (SSSR count). The number of methoxy groups -OCH3 is 1. The molecule has 3 heteroatoms. The van der Waals surface area contributed by atoms with Crippen molar-refractivity contribution in [3.05, 3.63) is 41.5 Å². The first-order chi connectivity index (χ1) is 8.20. The van der Waals surface area contributed by atoms with Crippen LogP contribution in [0.2, 0.25) is 0 Å². The third-order valence-electron chi connectivity index (χ3n) is 3.15. The molecule has 0 aliphatic heterocycles. The summed E-state index contributed by atoms with van der Waals surface area (Å²) in [6, 6.07) is 8.76. The predicted molar refractivity (Wildman–Crippen MR) is 64.6 cm³/mol. The molecule has 2 aromatic carbocycles. The SMILES string of the molecule is COc1cc(O)cc2c1-c1c(O)cccc1C2. The van der Waals surface area contributed by atoms with Crippen LogP contribution in [0, 0.1) is 0 Å². The lowest BCUT2D eigenvalue weighted by molar-refractivity contribution is 0.408. The Balaban J connectivity index is 2.34. The van der Waals surface area contributed by atoms with Crippen molar-refractivity contribution < 1.29 is 14.9 Å². The Hall–Kier alpha value is -2.16. The minimum absolute atomic E-state index is 0.188. The summed E-state index contributed by atoms with van der Waals surface area (Å²) in [5, 5.41) is 19.6. The number of benzene rings is 2. The van der Waals surface area contributed by atoms with Crippen LogP contribution in [0.1, 0.15) is 11.1 Å². The first-order valence-electron chi connectivity index (χ1n) is 5.42. The summed E-state index contributed by atoms with van der Waals surface area (Å²) in [4.78, 5) is 0. The molecule has 0 fully saturated rings. The van der Waals surface area contributed by atoms with Crippen LogP contribution in [0.4, 0.5) is 0 Å². The van der Waals surface area contributed by atoms with Crippen molar-refractivity contribution >= 4 is 0 Å². The summed E-state index contributed by atoms with van der Waals surface area (Å²) in [6.07, 6.45) is 0.712. The smallest absolute Gasteiger partial charge is 0.130 e. The van der Waals surface area contributed by atoms with Gasteiger partial charge in [-0.25, -0.2) is 0 Å². The number of phenols is 2. The molecule has 0 heterocycles. The lowest BCUT2D eigenvalue weighted by atomic mass is 10.0. The molecule has 0 atom stereocenters. The molecule has 1 aliphatic rings. The van der Waals surface area contributed by atoms with E-state index in [1.165, 1.54) is 0 Å². The van der Waals surface area contributed by atoms with Crippen LogP contribution in [0.5, 0.6) is 17.2 Å². The van der Waals surface area contributed by atoms with Crippen LogP contribution in [0.3, 0.4) is 0 Å². The monoisotopic (exact) mass is 228 g/mol. The lowest BCUT2D eigenvalue weighted by Gasteiger charge is -2.10. The van der Waals surface area contributed by atoms with Gasteiger partial charge < -0.3 is 14.9 Å². The van der Waals surface area contributed by atoms with Crippen molar-refractivity contribution in [2.24, 2.45) is 0 Å². The fourth-order valence-corrected chi connectivity index (χ4v) is 2.47. The van der Waals surface area contributed by atoms with Gasteiger partial charge in [-0.15, -0.1) is 0 Å². The summed E-state index contributed by atoms with van der Waals surface area (Å²) < 4.78 is 5.28. The molecule has 0 amide bonds. The average molecular weight is 228 g/mol. The summed E-state index contributed by atoms with van der Waals surface area (Å²) >= 11 is 0. The van der Waals surface area contributed by atoms with Gasteiger partial charge in [0.2, 0.25) is 0 Å². The first-order valence-corrected chi connectivity index (χ1v) is 5.42. The van der Waals surface area contributed by atoms with Crippen molar-refractivity contribution in [3.63, 3.8) is 0 Å². The van der Waals surface area contributed by atoms with Crippen LogP contribution in [-0.2, 0) is 6.42 Å². The molecule has 0 aromatic heterocycles. The number of ether oxygens (including phenoxy) is 1. The fourth-order valence-electron chi connectivity index (χ4n) is 2.47. The molecule has 2 aromatic rings. The minimum Gasteiger partial charge on any atom is -0.508 e. The molecule has 2 N–H and O–H groups in total. The molecule has 0 radical (unpaired) electrons. The Kier molecular flexibility index (Phi) is 2.01. The summed E-state index contributed by atoms with van der Waals surface area (Å²) in [6.45, 7) is 0. The van der Waals surface area contributed by atoms with E-state index in [-0.39, 0.29) is 11.5 Å². The highest BCUT2D eigenvalue weighted by atomic mass is 16.5. The van der Waals surface area contributed by atoms with Crippen LogP contribution in [-0.4, -0.2) is 17.3 Å². The van der Waals surface area contributed by atoms with E-state index >= 15 is 0 Å². The number of phenolic OH excluding ortho intramolecular Hbond substituents is 2. The molecule has 0 saturated heterocycles. The molecule has 0 saturated carbocycles. The molecule has 86 valence electrons. The second-order valence-corrected chi connectivity index (χ2v) is 4.17. The highest BCUT2D eigenvalue weighted by Crippen LogP contribution is 2.48. The van der Waals surface area contributed by atoms with E-state index in [0.29, 0.717) is 12.2 Å². The van der Waals surface area contributed by atoms with Gasteiger partial charge in [0.15, 0.2) is 0 Å². The highest BCUT2D eigenvalue weighted by Gasteiger charge is 2.25. The third kappa shape index (κ3) is 1.35. The molecule has 1 aliphatic carbocycles. The Morgan fingerprint density at radius 2 is 1.88 bits per heavy atom. The quantitative estimate of drug-likeness (QED) is 0.673. The number of aromatic hydroxyl groups is 2. The largest absolute Gasteiger partial charge is 0.508 e. The van der Waals surface area contributed by atoms with Gasteiger partial charge in [-0.2, -0.15) is 0 Å². The second kappa shape index (κ2) is 3.42. The number of fused-ring (bicyclic) bond motifs is 3. The van der Waals surface area contributed by atoms with Crippen LogP contribution < -0.4 is 4.74 Å². The van der Waals surface area contributed by atoms with Crippen LogP contribution in [0.15, 0.2) is 30.3 Å². The Morgan fingerprint density at radius 1 is 1.06 bits per heavy atom. The number of hydrogen-bond acceptors (Lipinski definition) is 3. The first kappa shape index (κ1) is 10.0. The van der Waals surface area contributed by atoms with Gasteiger partial charge in [-0.3, -0.25) is 0 Å². The molecule has 17 heavy (non-hydrogen) atoms. The van der Waals surface area contributed by atoms with Crippen molar-refractivity contribution in [2.75, 3.05) is 7.11 Å². The standard InChI is InChI=1S/C14H12O3/c1-17-12-7-10(15)6-9-5-8-3-2-4-11(16)13(8)14(9)12/h2-4,6-7,15-16H,5H2,1H3. The van der Waals surface area contributed by atoms with Crippen LogP contribution in [0.25, 0.3) is 11.1 Å². The zero-order chi connectivity index (χ0) is 12.0. The number of hydrogen-bond donors (Lipinski definition) is 2. The molecule has 0 spiro atoms. The lowest BCUT2D eigenvalue weighted by Crippen LogP contribution is -1.88. The molecule has 3 nitrogen and oxygen atoms in total. The Morgan fingerprint density at radius 3 is 2.65 bits per heavy atom. The maximum absolute atomic E-state index is 9.95. The van der Waals surface area contributed by atoms with E-state index in [4.69, 9.17) is 4.74 Å². The Labute approximate surface area is 98.9 Å². The van der Waals surface area contributed by atoms with Crippen molar-refractivity contribution in [1.29, 1.82) is 0 Å². The predicted octanol–water partition coefficient (Wildman–Crippen LogP) is 2.68. The third-order valence-corrected chi connectivity index (χ3v) is 3.15. The van der Waals surface area contributed by atoms with Gasteiger partial charge in [-0.1, -0.05) is 12.1 Å². The molecular formula is C14H12O3. The van der Waals surface area contributed by atoms with Gasteiger partial charge in [0.05, 0.1) is 7.11 Å². The summed E-state index contributed by atoms with van der Waals surface area (Å²) in [5.74, 6) is 1.04. The molecule has 0 unspecified atom stereocenters. The fraction of sp³-hybridized carbons (Fsp3) is 0.143. The molecule has 0 bridgehead atoms. The van der Waals surface area contributed by atoms with E-state index in [9.17, 15) is 10.2 Å². The van der Waals surface area contributed by atoms with E-state index in [1.807, 2.05) is 12.1 Å². The van der Waals surface area contributed by atoms with E-state index in [0.717, 1.165) is 22.3 Å². The highest BCUT2D eigenvalue weighted by molar-refractivity contribution is 5.86. The van der Waals surface area contributed by atoms with Gasteiger partial charge in [0.25, 0.3) is 0 Å². The van der Waals surface area contributed by atoms with Gasteiger partial charge in [-0.05, 0) is 29.7 Å². The topological polar surface area (TPSA) is 49.7 Å². The van der Waals surface area contributed by atoms with Gasteiger partial charge in [0, 0.05) is 17.2 Å². The van der Waals surface area contributed by atoms with Crippen molar-refractivity contribution in [3.8, 4) is 28.4 Å². The minimum atomic E-state index is 0.188. The average Bonchev–Trinajstić information content (AvgIpc) is 2.67. The van der Waals surface area contributed by atoms with E-state index in [2.05, 4.69) is 0 Å². The Bertz CT molecular complexity index is 603. The maximum Gasteiger partial charge on any atom is 0.130 e. The normalized spacial score (nSPS) is 12.1.